The highest BCUT2D eigenvalue weighted by Crippen LogP contribution is 2.33. The number of nitrogens with one attached hydrogen (secondary N) is 1. The Labute approximate surface area is 131 Å². The van der Waals surface area contributed by atoms with Crippen LogP contribution in [-0.2, 0) is 6.54 Å². The zero-order valence-electron chi connectivity index (χ0n) is 10.7. The lowest BCUT2D eigenvalue weighted by Gasteiger charge is -2.19. The highest BCUT2D eigenvalue weighted by molar-refractivity contribution is 14.1. The van der Waals surface area contributed by atoms with Gasteiger partial charge >= 0.3 is 0 Å². The van der Waals surface area contributed by atoms with Crippen LogP contribution in [0.2, 0.25) is 0 Å². The number of nitrogens with two attached hydrogens (primary N) is 1. The van der Waals surface area contributed by atoms with Gasteiger partial charge < -0.3 is 11.1 Å². The molecule has 0 saturated heterocycles. The zero-order valence-corrected chi connectivity index (χ0v) is 12.8. The van der Waals surface area contributed by atoms with Gasteiger partial charge in [0.1, 0.15) is 28.6 Å². The Balaban J connectivity index is 2.31. The summed E-state index contributed by atoms with van der Waals surface area (Å²) in [6.45, 7) is 0.737. The molecule has 1 aliphatic heterocycles. The Bertz CT molecular complexity index is 707. The van der Waals surface area contributed by atoms with E-state index >= 15 is 0 Å². The fourth-order valence-electron chi connectivity index (χ4n) is 2.39. The molecule has 0 aliphatic carbocycles. The molecule has 3 N–H and O–H groups in total. The van der Waals surface area contributed by atoms with Crippen molar-refractivity contribution in [3.8, 4) is 0 Å². The van der Waals surface area contributed by atoms with Crippen LogP contribution >= 0.6 is 22.9 Å². The summed E-state index contributed by atoms with van der Waals surface area (Å²) in [6.07, 6.45) is 0. The first kappa shape index (κ1) is 13.1. The minimum absolute atomic E-state index is 0.640. The van der Waals surface area contributed by atoms with E-state index in [-0.39, 0.29) is 0 Å². The van der Waals surface area contributed by atoms with Crippen LogP contribution in [0.15, 0.2) is 57.0 Å². The SMILES string of the molecule is N/C1=C(\N=N/I)c2ccccc2CNc2ccccc21. The summed E-state index contributed by atoms with van der Waals surface area (Å²) in [5.41, 5.74) is 11.9. The molecule has 0 radical (unpaired) electrons. The number of anilines is 1. The normalized spacial score (nSPS) is 17.9. The summed E-state index contributed by atoms with van der Waals surface area (Å²) in [5.74, 6) is 0. The van der Waals surface area contributed by atoms with E-state index in [9.17, 15) is 0 Å². The summed E-state index contributed by atoms with van der Waals surface area (Å²) in [5, 5.41) is 7.67. The Morgan fingerprint density at radius 2 is 1.70 bits per heavy atom. The van der Waals surface area contributed by atoms with Gasteiger partial charge in [0.15, 0.2) is 0 Å². The summed E-state index contributed by atoms with van der Waals surface area (Å²) in [6, 6.07) is 16.1. The lowest BCUT2D eigenvalue weighted by Crippen LogP contribution is -2.11. The van der Waals surface area contributed by atoms with Crippen molar-refractivity contribution in [2.75, 3.05) is 5.32 Å². The molecule has 4 nitrogen and oxygen atoms in total. The fraction of sp³-hybridized carbons (Fsp3) is 0.0667. The highest BCUT2D eigenvalue weighted by Gasteiger charge is 2.17. The standard InChI is InChI=1S/C15H13IN4/c16-20-19-15-11-6-2-1-5-10(11)9-18-13-8-4-3-7-12(13)14(15)17/h1-8,18H,9,17H2/b15-14-,20-19-. The monoisotopic (exact) mass is 376 g/mol. The topological polar surface area (TPSA) is 62.8 Å². The van der Waals surface area contributed by atoms with E-state index in [1.807, 2.05) is 65.3 Å². The molecule has 0 amide bonds. The van der Waals surface area contributed by atoms with Crippen molar-refractivity contribution >= 4 is 39.9 Å². The van der Waals surface area contributed by atoms with Crippen LogP contribution in [0.4, 0.5) is 5.69 Å². The van der Waals surface area contributed by atoms with Gasteiger partial charge in [-0.05, 0) is 11.6 Å². The predicted molar refractivity (Wildman–Crippen MR) is 90.1 cm³/mol. The summed E-state index contributed by atoms with van der Waals surface area (Å²) in [4.78, 5) is 0. The molecule has 1 heterocycles. The van der Waals surface area contributed by atoms with E-state index in [1.165, 1.54) is 0 Å². The largest absolute Gasteiger partial charge is 0.396 e. The molecule has 2 aromatic carbocycles. The lowest BCUT2D eigenvalue weighted by atomic mass is 9.98. The number of fused-ring (bicyclic) bond motifs is 2. The quantitative estimate of drug-likeness (QED) is 0.579. The smallest absolute Gasteiger partial charge is 0.117 e. The molecule has 0 aromatic heterocycles. The van der Waals surface area contributed by atoms with Crippen molar-refractivity contribution in [1.82, 2.24) is 0 Å². The predicted octanol–water partition coefficient (Wildman–Crippen LogP) is 4.20. The number of para-hydroxylation sites is 1. The maximum Gasteiger partial charge on any atom is 0.117 e. The first-order valence-electron chi connectivity index (χ1n) is 6.24. The van der Waals surface area contributed by atoms with E-state index in [2.05, 4.69) is 19.8 Å². The second kappa shape index (κ2) is 5.62. The third kappa shape index (κ3) is 2.29. The molecule has 0 unspecified atom stereocenters. The summed E-state index contributed by atoms with van der Waals surface area (Å²) >= 11 is 1.87. The Morgan fingerprint density at radius 3 is 2.50 bits per heavy atom. The van der Waals surface area contributed by atoms with Crippen molar-refractivity contribution in [3.05, 3.63) is 65.2 Å². The minimum atomic E-state index is 0.640. The van der Waals surface area contributed by atoms with Gasteiger partial charge in [0.2, 0.25) is 0 Å². The molecule has 0 bridgehead atoms. The molecule has 100 valence electrons. The number of rotatable bonds is 1. The Morgan fingerprint density at radius 1 is 1.00 bits per heavy atom. The van der Waals surface area contributed by atoms with Gasteiger partial charge in [-0.3, -0.25) is 0 Å². The fourth-order valence-corrected chi connectivity index (χ4v) is 2.60. The van der Waals surface area contributed by atoms with Crippen LogP contribution in [-0.4, -0.2) is 0 Å². The molecule has 0 spiro atoms. The molecule has 5 heteroatoms. The van der Waals surface area contributed by atoms with Crippen molar-refractivity contribution < 1.29 is 0 Å². The van der Waals surface area contributed by atoms with E-state index in [0.717, 1.165) is 34.6 Å². The van der Waals surface area contributed by atoms with Gasteiger partial charge in [0, 0.05) is 23.4 Å². The molecule has 2 aromatic rings. The van der Waals surface area contributed by atoms with Crippen molar-refractivity contribution in [2.24, 2.45) is 14.2 Å². The zero-order chi connectivity index (χ0) is 13.9. The molecular weight excluding hydrogens is 363 g/mol. The number of nitrogens with zero attached hydrogens (tertiary/aromatic N) is 2. The second-order valence-electron chi connectivity index (χ2n) is 4.49. The van der Waals surface area contributed by atoms with Gasteiger partial charge in [-0.25, -0.2) is 0 Å². The van der Waals surface area contributed by atoms with Crippen LogP contribution in [0.25, 0.3) is 11.4 Å². The molecule has 0 saturated carbocycles. The van der Waals surface area contributed by atoms with Gasteiger partial charge in [-0.15, -0.1) is 8.44 Å². The summed E-state index contributed by atoms with van der Waals surface area (Å²) in [7, 11) is 0. The third-order valence-corrected chi connectivity index (χ3v) is 3.57. The Hall–Kier alpha value is -1.89. The highest BCUT2D eigenvalue weighted by atomic mass is 127. The van der Waals surface area contributed by atoms with Gasteiger partial charge in [0.05, 0.1) is 5.70 Å². The maximum absolute atomic E-state index is 6.34. The molecular formula is C15H13IN4. The van der Waals surface area contributed by atoms with Crippen molar-refractivity contribution in [1.29, 1.82) is 0 Å². The molecule has 20 heavy (non-hydrogen) atoms. The van der Waals surface area contributed by atoms with E-state index in [1.54, 1.807) is 0 Å². The lowest BCUT2D eigenvalue weighted by molar-refractivity contribution is 1.12. The number of hydrogen-bond donors (Lipinski definition) is 2. The van der Waals surface area contributed by atoms with Crippen molar-refractivity contribution in [2.45, 2.75) is 6.54 Å². The number of benzene rings is 2. The third-order valence-electron chi connectivity index (χ3n) is 3.35. The average molecular weight is 376 g/mol. The van der Waals surface area contributed by atoms with E-state index in [4.69, 9.17) is 5.73 Å². The minimum Gasteiger partial charge on any atom is -0.396 e. The molecule has 1 aliphatic rings. The maximum atomic E-state index is 6.34. The molecule has 0 fully saturated rings. The van der Waals surface area contributed by atoms with Crippen LogP contribution < -0.4 is 11.1 Å². The number of halogens is 1. The van der Waals surface area contributed by atoms with E-state index < -0.39 is 0 Å². The van der Waals surface area contributed by atoms with Crippen LogP contribution in [0.3, 0.4) is 0 Å². The van der Waals surface area contributed by atoms with E-state index in [0.29, 0.717) is 5.70 Å². The van der Waals surface area contributed by atoms with Crippen LogP contribution in [0.1, 0.15) is 16.7 Å². The first-order valence-corrected chi connectivity index (χ1v) is 7.21. The first-order chi connectivity index (χ1) is 9.81. The average Bonchev–Trinajstić information content (AvgIpc) is 2.49. The molecule has 0 atom stereocenters. The van der Waals surface area contributed by atoms with Gasteiger partial charge in [0.25, 0.3) is 0 Å². The molecule has 3 rings (SSSR count). The Kier molecular flexibility index (Phi) is 3.68. The van der Waals surface area contributed by atoms with Crippen LogP contribution in [0.5, 0.6) is 0 Å². The van der Waals surface area contributed by atoms with Crippen LogP contribution in [0, 0.1) is 0 Å². The van der Waals surface area contributed by atoms with Gasteiger partial charge in [-0.2, -0.15) is 0 Å². The summed E-state index contributed by atoms with van der Waals surface area (Å²) < 4.78 is 3.89. The van der Waals surface area contributed by atoms with Crippen molar-refractivity contribution in [3.63, 3.8) is 0 Å². The second-order valence-corrected chi connectivity index (χ2v) is 4.93. The number of hydrogen-bond acceptors (Lipinski definition) is 4. The van der Waals surface area contributed by atoms with Gasteiger partial charge in [-0.1, -0.05) is 42.5 Å².